The topological polar surface area (TPSA) is 86.7 Å². The van der Waals surface area contributed by atoms with Crippen LogP contribution in [-0.2, 0) is 9.59 Å². The van der Waals surface area contributed by atoms with E-state index < -0.39 is 28.1 Å². The van der Waals surface area contributed by atoms with Crippen LogP contribution < -0.4 is 10.2 Å². The van der Waals surface area contributed by atoms with E-state index in [-0.39, 0.29) is 23.5 Å². The number of hydrogen-bond acceptors (Lipinski definition) is 5. The zero-order chi connectivity index (χ0) is 18.0. The van der Waals surface area contributed by atoms with Gasteiger partial charge in [0, 0.05) is 6.42 Å². The van der Waals surface area contributed by atoms with Gasteiger partial charge in [-0.15, -0.1) is 0 Å². The second-order valence-corrected chi connectivity index (χ2v) is 6.45. The zero-order valence-electron chi connectivity index (χ0n) is 12.8. The van der Waals surface area contributed by atoms with E-state index in [4.69, 9.17) is 0 Å². The molecule has 0 spiro atoms. The van der Waals surface area contributed by atoms with Gasteiger partial charge in [-0.1, -0.05) is 12.1 Å². The molecule has 0 radical (unpaired) electrons. The van der Waals surface area contributed by atoms with Gasteiger partial charge in [-0.25, -0.2) is 9.29 Å². The maximum Gasteiger partial charge on any atom is 0.293 e. The molecular formula is C17H13FN2O4S. The van der Waals surface area contributed by atoms with Gasteiger partial charge in [0.2, 0.25) is 11.8 Å². The number of hydrogen-bond donors (Lipinski definition) is 2. The lowest BCUT2D eigenvalue weighted by Crippen LogP contribution is -2.32. The summed E-state index contributed by atoms with van der Waals surface area (Å²) in [7, 11) is 0. The van der Waals surface area contributed by atoms with Crippen LogP contribution in [0.25, 0.3) is 0 Å². The van der Waals surface area contributed by atoms with Gasteiger partial charge in [-0.2, -0.15) is 0 Å². The van der Waals surface area contributed by atoms with Crippen molar-refractivity contribution in [3.8, 4) is 5.75 Å². The number of phenols is 1. The molecule has 0 bridgehead atoms. The molecule has 3 amide bonds. The quantitative estimate of drug-likeness (QED) is 0.818. The highest BCUT2D eigenvalue weighted by Gasteiger charge is 2.41. The molecule has 2 aromatic carbocycles. The molecule has 2 aromatic rings. The molecule has 1 heterocycles. The number of nitrogens with zero attached hydrogens (tertiary/aromatic N) is 1. The van der Waals surface area contributed by atoms with Gasteiger partial charge in [-0.3, -0.25) is 14.4 Å². The van der Waals surface area contributed by atoms with Gasteiger partial charge >= 0.3 is 0 Å². The fourth-order valence-electron chi connectivity index (χ4n) is 2.36. The van der Waals surface area contributed by atoms with Gasteiger partial charge in [-0.05, 0) is 48.2 Å². The van der Waals surface area contributed by atoms with Crippen molar-refractivity contribution in [2.75, 3.05) is 10.2 Å². The number of carbonyl (C=O) groups is 3. The fourth-order valence-corrected chi connectivity index (χ4v) is 3.34. The third-order valence-electron chi connectivity index (χ3n) is 3.56. The number of aromatic hydroxyl groups is 1. The molecule has 0 saturated carbocycles. The van der Waals surface area contributed by atoms with Gasteiger partial charge in [0.15, 0.2) is 0 Å². The third kappa shape index (κ3) is 3.63. The molecular weight excluding hydrogens is 347 g/mol. The number of para-hydroxylation sites is 2. The molecule has 1 fully saturated rings. The molecule has 128 valence electrons. The van der Waals surface area contributed by atoms with Crippen LogP contribution in [-0.4, -0.2) is 27.4 Å². The smallest absolute Gasteiger partial charge is 0.293 e. The lowest BCUT2D eigenvalue weighted by molar-refractivity contribution is -0.121. The van der Waals surface area contributed by atoms with Gasteiger partial charge < -0.3 is 10.4 Å². The minimum atomic E-state index is -0.872. The molecule has 3 rings (SSSR count). The van der Waals surface area contributed by atoms with Crippen LogP contribution >= 0.6 is 11.8 Å². The van der Waals surface area contributed by atoms with E-state index in [0.717, 1.165) is 28.8 Å². The number of halogens is 1. The number of benzene rings is 2. The van der Waals surface area contributed by atoms with E-state index in [2.05, 4.69) is 5.32 Å². The Morgan fingerprint density at radius 3 is 2.52 bits per heavy atom. The molecule has 0 aliphatic carbocycles. The number of thioether (sulfide) groups is 1. The van der Waals surface area contributed by atoms with Crippen LogP contribution in [0.1, 0.15) is 6.42 Å². The highest BCUT2D eigenvalue weighted by Crippen LogP contribution is 2.34. The number of imide groups is 1. The number of carbonyl (C=O) groups excluding carboxylic acids is 3. The summed E-state index contributed by atoms with van der Waals surface area (Å²) in [5.74, 6) is -1.60. The van der Waals surface area contributed by atoms with Crippen LogP contribution in [0, 0.1) is 5.82 Å². The maximum absolute atomic E-state index is 13.0. The normalized spacial score (nSPS) is 17.0. The summed E-state index contributed by atoms with van der Waals surface area (Å²) < 4.78 is 13.0. The maximum atomic E-state index is 13.0. The Kier molecular flexibility index (Phi) is 4.71. The van der Waals surface area contributed by atoms with E-state index in [1.807, 2.05) is 0 Å². The summed E-state index contributed by atoms with van der Waals surface area (Å²) in [5.41, 5.74) is 0.483. The van der Waals surface area contributed by atoms with E-state index in [0.29, 0.717) is 0 Å². The second kappa shape index (κ2) is 6.94. The van der Waals surface area contributed by atoms with Crippen LogP contribution in [0.4, 0.5) is 20.6 Å². The van der Waals surface area contributed by atoms with Crippen molar-refractivity contribution in [1.82, 2.24) is 0 Å². The van der Waals surface area contributed by atoms with Crippen LogP contribution in [0.15, 0.2) is 48.5 Å². The van der Waals surface area contributed by atoms with E-state index in [1.54, 1.807) is 12.1 Å². The number of nitrogens with one attached hydrogen (secondary N) is 1. The lowest BCUT2D eigenvalue weighted by Gasteiger charge is -2.14. The highest BCUT2D eigenvalue weighted by molar-refractivity contribution is 8.15. The Morgan fingerprint density at radius 1 is 1.16 bits per heavy atom. The molecule has 6 nitrogen and oxygen atoms in total. The number of amides is 3. The molecule has 25 heavy (non-hydrogen) atoms. The Balaban J connectivity index is 1.69. The van der Waals surface area contributed by atoms with E-state index in [1.165, 1.54) is 24.3 Å². The molecule has 1 unspecified atom stereocenters. The standard InChI is InChI=1S/C17H13FN2O4S/c18-10-5-7-11(8-6-10)20-16(23)14(25-17(20)24)9-15(22)19-12-3-1-2-4-13(12)21/h1-8,14,21H,9H2,(H,19,22). The summed E-state index contributed by atoms with van der Waals surface area (Å²) in [4.78, 5) is 37.5. The second-order valence-electron chi connectivity index (χ2n) is 5.29. The van der Waals surface area contributed by atoms with E-state index in [9.17, 15) is 23.9 Å². The average Bonchev–Trinajstić information content (AvgIpc) is 2.84. The SMILES string of the molecule is O=C(CC1SC(=O)N(c2ccc(F)cc2)C1=O)Nc1ccccc1O. The van der Waals surface area contributed by atoms with Crippen molar-refractivity contribution in [3.63, 3.8) is 0 Å². The molecule has 0 aromatic heterocycles. The van der Waals surface area contributed by atoms with Gasteiger partial charge in [0.1, 0.15) is 16.8 Å². The first-order valence-electron chi connectivity index (χ1n) is 7.33. The molecule has 1 aliphatic rings. The van der Waals surface area contributed by atoms with Crippen LogP contribution in [0.3, 0.4) is 0 Å². The highest BCUT2D eigenvalue weighted by atomic mass is 32.2. The predicted molar refractivity (Wildman–Crippen MR) is 92.0 cm³/mol. The van der Waals surface area contributed by atoms with Crippen LogP contribution in [0.2, 0.25) is 0 Å². The van der Waals surface area contributed by atoms with Crippen molar-refractivity contribution in [2.24, 2.45) is 0 Å². The summed E-state index contributed by atoms with van der Waals surface area (Å²) in [6, 6.07) is 11.2. The van der Waals surface area contributed by atoms with Gasteiger partial charge in [0.05, 0.1) is 11.4 Å². The largest absolute Gasteiger partial charge is 0.506 e. The van der Waals surface area contributed by atoms with E-state index >= 15 is 0 Å². The van der Waals surface area contributed by atoms with Crippen molar-refractivity contribution >= 4 is 40.2 Å². The Hall–Kier alpha value is -2.87. The Labute approximate surface area is 146 Å². The monoisotopic (exact) mass is 360 g/mol. The lowest BCUT2D eigenvalue weighted by atomic mass is 10.2. The minimum Gasteiger partial charge on any atom is -0.506 e. The Bertz CT molecular complexity index is 841. The van der Waals surface area contributed by atoms with Crippen molar-refractivity contribution in [1.29, 1.82) is 0 Å². The number of phenolic OH excluding ortho intramolecular Hbond substituents is 1. The van der Waals surface area contributed by atoms with Crippen molar-refractivity contribution in [3.05, 3.63) is 54.3 Å². The third-order valence-corrected chi connectivity index (χ3v) is 4.59. The first kappa shape index (κ1) is 17.0. The Morgan fingerprint density at radius 2 is 1.84 bits per heavy atom. The molecule has 2 N–H and O–H groups in total. The van der Waals surface area contributed by atoms with Crippen LogP contribution in [0.5, 0.6) is 5.75 Å². The first-order valence-corrected chi connectivity index (χ1v) is 8.21. The molecule has 1 atom stereocenters. The first-order chi connectivity index (χ1) is 12.0. The fraction of sp³-hybridized carbons (Fsp3) is 0.118. The molecule has 8 heteroatoms. The van der Waals surface area contributed by atoms with Gasteiger partial charge in [0.25, 0.3) is 5.24 Å². The summed E-state index contributed by atoms with van der Waals surface area (Å²) in [6.45, 7) is 0. The molecule has 1 saturated heterocycles. The summed E-state index contributed by atoms with van der Waals surface area (Å²) >= 11 is 0.744. The number of anilines is 2. The zero-order valence-corrected chi connectivity index (χ0v) is 13.6. The van der Waals surface area contributed by atoms with Crippen molar-refractivity contribution in [2.45, 2.75) is 11.7 Å². The number of rotatable bonds is 4. The summed E-state index contributed by atoms with van der Waals surface area (Å²) in [5, 5.41) is 10.8. The molecule has 1 aliphatic heterocycles. The average molecular weight is 360 g/mol. The van der Waals surface area contributed by atoms with Crippen molar-refractivity contribution < 1.29 is 23.9 Å². The summed E-state index contributed by atoms with van der Waals surface area (Å²) in [6.07, 6.45) is -0.221. The predicted octanol–water partition coefficient (Wildman–Crippen LogP) is 3.13. The minimum absolute atomic E-state index is 0.0923.